The van der Waals surface area contributed by atoms with E-state index in [1.165, 1.54) is 0 Å². The van der Waals surface area contributed by atoms with E-state index in [4.69, 9.17) is 15.5 Å². The molecule has 6 aromatic rings. The first-order valence-electron chi connectivity index (χ1n) is 11.9. The Balaban J connectivity index is 0.000000179. The molecule has 0 aliphatic rings. The van der Waals surface area contributed by atoms with Crippen molar-refractivity contribution in [2.45, 2.75) is 13.8 Å². The third-order valence-electron chi connectivity index (χ3n) is 5.73. The highest BCUT2D eigenvalue weighted by Crippen LogP contribution is 2.25. The molecule has 0 aliphatic heterocycles. The summed E-state index contributed by atoms with van der Waals surface area (Å²) in [6, 6.07) is 27.3. The molecule has 0 saturated heterocycles. The number of aromatic nitrogens is 4. The van der Waals surface area contributed by atoms with Crippen molar-refractivity contribution in [3.63, 3.8) is 0 Å². The summed E-state index contributed by atoms with van der Waals surface area (Å²) in [4.78, 5) is 8.90. The van der Waals surface area contributed by atoms with E-state index in [9.17, 15) is 0 Å². The number of para-hydroxylation sites is 2. The number of hydrogen-bond donors (Lipinski definition) is 0. The molecule has 0 spiro atoms. The fourth-order valence-electron chi connectivity index (χ4n) is 3.79. The summed E-state index contributed by atoms with van der Waals surface area (Å²) in [7, 11) is 0. The molecule has 0 bridgehead atoms. The Morgan fingerprint density at radius 1 is 0.632 bits per heavy atom. The maximum Gasteiger partial charge on any atom is 0.149 e. The molecule has 6 heteroatoms. The van der Waals surface area contributed by atoms with Crippen LogP contribution in [-0.4, -0.2) is 20.3 Å². The van der Waals surface area contributed by atoms with Gasteiger partial charge in [-0.2, -0.15) is 0 Å². The van der Waals surface area contributed by atoms with Crippen molar-refractivity contribution in [2.75, 3.05) is 0 Å². The average Bonchev–Trinajstić information content (AvgIpc) is 3.54. The van der Waals surface area contributed by atoms with Gasteiger partial charge in [-0.25, -0.2) is 4.98 Å². The van der Waals surface area contributed by atoms with Gasteiger partial charge in [0.05, 0.1) is 28.4 Å². The largest absolute Gasteiger partial charge is 0.360 e. The van der Waals surface area contributed by atoms with Crippen molar-refractivity contribution in [1.29, 1.82) is 0 Å². The van der Waals surface area contributed by atoms with E-state index < -0.39 is 0 Å². The van der Waals surface area contributed by atoms with Gasteiger partial charge in [-0.15, -0.1) is 6.42 Å². The second-order valence-electron chi connectivity index (χ2n) is 8.30. The Labute approximate surface area is 220 Å². The molecule has 0 fully saturated rings. The number of benzene rings is 3. The van der Waals surface area contributed by atoms with E-state index in [-0.39, 0.29) is 0 Å². The first-order valence-corrected chi connectivity index (χ1v) is 11.9. The molecule has 3 aromatic carbocycles. The molecule has 3 heterocycles. The van der Waals surface area contributed by atoms with Crippen LogP contribution in [0.5, 0.6) is 0 Å². The summed E-state index contributed by atoms with van der Waals surface area (Å²) >= 11 is 0. The standard InChI is InChI=1S/C20H13N3O.C12H9NO/c1-14-17(20(23-24-14)15-7-3-2-4-8-15)12-11-16-13-21-18-9-5-6-10-19(18)22-16;1-3-11-9(2)14-13-12(11)10-7-5-4-6-8-10/h2-10,13H,1H3;1,4-8H,2H3. The van der Waals surface area contributed by atoms with E-state index in [1.807, 2.05) is 98.8 Å². The molecule has 0 N–H and O–H groups in total. The van der Waals surface area contributed by atoms with Crippen LogP contribution in [0.3, 0.4) is 0 Å². The highest BCUT2D eigenvalue weighted by Gasteiger charge is 2.13. The summed E-state index contributed by atoms with van der Waals surface area (Å²) in [5, 5.41) is 8.07. The van der Waals surface area contributed by atoms with Crippen LogP contribution in [0.4, 0.5) is 0 Å². The number of nitrogens with zero attached hydrogens (tertiary/aromatic N) is 4. The predicted molar refractivity (Wildman–Crippen MR) is 147 cm³/mol. The molecule has 6 rings (SSSR count). The van der Waals surface area contributed by atoms with Crippen LogP contribution in [-0.2, 0) is 0 Å². The van der Waals surface area contributed by atoms with Crippen LogP contribution in [0.1, 0.15) is 28.3 Å². The monoisotopic (exact) mass is 494 g/mol. The molecule has 0 unspecified atom stereocenters. The van der Waals surface area contributed by atoms with E-state index in [0.717, 1.165) is 44.7 Å². The number of aryl methyl sites for hydroxylation is 2. The lowest BCUT2D eigenvalue weighted by Crippen LogP contribution is -1.88. The highest BCUT2D eigenvalue weighted by atomic mass is 16.5. The Kier molecular flexibility index (Phi) is 7.07. The highest BCUT2D eigenvalue weighted by molar-refractivity contribution is 5.74. The maximum atomic E-state index is 5.38. The van der Waals surface area contributed by atoms with Gasteiger partial charge in [-0.1, -0.05) is 95.0 Å². The van der Waals surface area contributed by atoms with Gasteiger partial charge in [0.2, 0.25) is 0 Å². The van der Waals surface area contributed by atoms with Crippen LogP contribution < -0.4 is 0 Å². The fourth-order valence-corrected chi connectivity index (χ4v) is 3.79. The summed E-state index contributed by atoms with van der Waals surface area (Å²) in [5.41, 5.74) is 7.25. The van der Waals surface area contributed by atoms with Crippen LogP contribution in [0.25, 0.3) is 33.5 Å². The van der Waals surface area contributed by atoms with Crippen LogP contribution >= 0.6 is 0 Å². The lowest BCUT2D eigenvalue weighted by molar-refractivity contribution is 0.399. The number of hydrogen-bond acceptors (Lipinski definition) is 6. The molecule has 0 atom stereocenters. The summed E-state index contributed by atoms with van der Waals surface area (Å²) < 4.78 is 10.4. The molecule has 0 aliphatic carbocycles. The van der Waals surface area contributed by atoms with Gasteiger partial charge < -0.3 is 9.05 Å². The second-order valence-corrected chi connectivity index (χ2v) is 8.30. The van der Waals surface area contributed by atoms with Crippen molar-refractivity contribution in [3.05, 3.63) is 119 Å². The predicted octanol–water partition coefficient (Wildman–Crippen LogP) is 6.62. The van der Waals surface area contributed by atoms with Gasteiger partial charge in [0.15, 0.2) is 0 Å². The lowest BCUT2D eigenvalue weighted by Gasteiger charge is -1.97. The first kappa shape index (κ1) is 24.2. The molecule has 3 aromatic heterocycles. The molecule has 38 heavy (non-hydrogen) atoms. The van der Waals surface area contributed by atoms with Crippen molar-refractivity contribution < 1.29 is 9.05 Å². The molecular weight excluding hydrogens is 472 g/mol. The zero-order chi connectivity index (χ0) is 26.3. The van der Waals surface area contributed by atoms with E-state index in [0.29, 0.717) is 17.2 Å². The fraction of sp³-hybridized carbons (Fsp3) is 0.0625. The van der Waals surface area contributed by atoms with E-state index in [2.05, 4.69) is 38.0 Å². The lowest BCUT2D eigenvalue weighted by atomic mass is 10.1. The minimum absolute atomic E-state index is 0.619. The van der Waals surface area contributed by atoms with Gasteiger partial charge in [0.25, 0.3) is 0 Å². The first-order chi connectivity index (χ1) is 18.6. The van der Waals surface area contributed by atoms with Gasteiger partial charge in [0.1, 0.15) is 28.6 Å². The third-order valence-corrected chi connectivity index (χ3v) is 5.73. The normalized spacial score (nSPS) is 10.1. The smallest absolute Gasteiger partial charge is 0.149 e. The van der Waals surface area contributed by atoms with Crippen molar-refractivity contribution in [1.82, 2.24) is 20.3 Å². The Morgan fingerprint density at radius 3 is 1.76 bits per heavy atom. The van der Waals surface area contributed by atoms with Crippen LogP contribution in [0, 0.1) is 38.0 Å². The van der Waals surface area contributed by atoms with Crippen LogP contribution in [0.15, 0.2) is 100 Å². The number of fused-ring (bicyclic) bond motifs is 1. The molecule has 0 amide bonds. The Morgan fingerprint density at radius 2 is 1.16 bits per heavy atom. The van der Waals surface area contributed by atoms with E-state index >= 15 is 0 Å². The minimum atomic E-state index is 0.619. The molecule has 0 radical (unpaired) electrons. The maximum absolute atomic E-state index is 5.38. The minimum Gasteiger partial charge on any atom is -0.360 e. The Bertz CT molecular complexity index is 1800. The summed E-state index contributed by atoms with van der Waals surface area (Å²) in [5.74, 6) is 10.2. The van der Waals surface area contributed by atoms with Gasteiger partial charge in [0, 0.05) is 11.1 Å². The summed E-state index contributed by atoms with van der Waals surface area (Å²) in [6.45, 7) is 3.67. The molecule has 6 nitrogen and oxygen atoms in total. The SMILES string of the molecule is C#Cc1c(-c2ccccc2)noc1C.Cc1onc(-c2ccccc2)c1C#Cc1cnc2ccccc2n1. The van der Waals surface area contributed by atoms with E-state index in [1.54, 1.807) is 6.20 Å². The Hall–Kier alpha value is -5.46. The molecular formula is C32H22N4O2. The number of rotatable bonds is 2. The van der Waals surface area contributed by atoms with Crippen molar-refractivity contribution in [2.24, 2.45) is 0 Å². The topological polar surface area (TPSA) is 77.8 Å². The van der Waals surface area contributed by atoms with Gasteiger partial charge >= 0.3 is 0 Å². The van der Waals surface area contributed by atoms with Crippen molar-refractivity contribution in [3.8, 4) is 46.7 Å². The van der Waals surface area contributed by atoms with Gasteiger partial charge in [-0.3, -0.25) is 4.98 Å². The third kappa shape index (κ3) is 5.21. The zero-order valence-electron chi connectivity index (χ0n) is 20.8. The van der Waals surface area contributed by atoms with Gasteiger partial charge in [-0.05, 0) is 31.9 Å². The molecule has 182 valence electrons. The second kappa shape index (κ2) is 11.1. The molecule has 0 saturated carbocycles. The number of terminal acetylenes is 1. The van der Waals surface area contributed by atoms with Crippen LogP contribution in [0.2, 0.25) is 0 Å². The zero-order valence-corrected chi connectivity index (χ0v) is 20.8. The summed E-state index contributed by atoms with van der Waals surface area (Å²) in [6.07, 6.45) is 7.06. The van der Waals surface area contributed by atoms with Crippen molar-refractivity contribution >= 4 is 11.0 Å². The quantitative estimate of drug-likeness (QED) is 0.252. The average molecular weight is 495 g/mol.